The second-order valence-electron chi connectivity index (χ2n) is 5.92. The summed E-state index contributed by atoms with van der Waals surface area (Å²) in [5.74, 6) is -0.514. The van der Waals surface area contributed by atoms with Gasteiger partial charge in [-0.15, -0.1) is 0 Å². The van der Waals surface area contributed by atoms with Crippen LogP contribution >= 0.6 is 0 Å². The molecule has 7 heteroatoms. The zero-order valence-electron chi connectivity index (χ0n) is 13.7. The van der Waals surface area contributed by atoms with Gasteiger partial charge in [0.2, 0.25) is 15.8 Å². The van der Waals surface area contributed by atoms with Crippen LogP contribution in [-0.2, 0) is 19.6 Å². The molecule has 2 rings (SSSR count). The summed E-state index contributed by atoms with van der Waals surface area (Å²) in [5.41, 5.74) is 0.724. The standard InChI is InChI=1S/C17H21NO5S/c1-12(23-16(19)11-13-5-3-4-6-13)17(20)14-7-9-15(10-8-14)18-24(2,21)22/h3,5,7-10,12-13,18H,4,6,11H2,1-2H3/t12-,13+/m0/s1. The van der Waals surface area contributed by atoms with E-state index in [2.05, 4.69) is 4.72 Å². The lowest BCUT2D eigenvalue weighted by Crippen LogP contribution is -2.25. The highest BCUT2D eigenvalue weighted by molar-refractivity contribution is 7.92. The van der Waals surface area contributed by atoms with Gasteiger partial charge in [-0.2, -0.15) is 0 Å². The van der Waals surface area contributed by atoms with Crippen molar-refractivity contribution in [3.05, 3.63) is 42.0 Å². The van der Waals surface area contributed by atoms with Crippen molar-refractivity contribution in [1.82, 2.24) is 0 Å². The Bertz CT molecular complexity index is 737. The molecule has 130 valence electrons. The van der Waals surface area contributed by atoms with Gasteiger partial charge in [-0.05, 0) is 49.9 Å². The number of allylic oxidation sites excluding steroid dienone is 2. The van der Waals surface area contributed by atoms with Crippen molar-refractivity contribution >= 4 is 27.5 Å². The first-order valence-corrected chi connectivity index (χ1v) is 9.62. The first-order valence-electron chi connectivity index (χ1n) is 7.73. The minimum absolute atomic E-state index is 0.196. The molecule has 0 bridgehead atoms. The molecule has 6 nitrogen and oxygen atoms in total. The van der Waals surface area contributed by atoms with Gasteiger partial charge in [0, 0.05) is 11.3 Å². The summed E-state index contributed by atoms with van der Waals surface area (Å²) < 4.78 is 29.8. The number of sulfonamides is 1. The SMILES string of the molecule is C[C@H](OC(=O)C[C@@H]1C=CCC1)C(=O)c1ccc(NS(C)(=O)=O)cc1. The average molecular weight is 351 g/mol. The normalized spacial score (nSPS) is 18.2. The van der Waals surface area contributed by atoms with Crippen LogP contribution in [0.1, 0.15) is 36.5 Å². The fraction of sp³-hybridized carbons (Fsp3) is 0.412. The van der Waals surface area contributed by atoms with E-state index in [-0.39, 0.29) is 24.1 Å². The Morgan fingerprint density at radius 3 is 2.50 bits per heavy atom. The molecule has 1 N–H and O–H groups in total. The zero-order chi connectivity index (χ0) is 17.7. The van der Waals surface area contributed by atoms with E-state index in [0.717, 1.165) is 19.1 Å². The Morgan fingerprint density at radius 2 is 1.96 bits per heavy atom. The molecule has 2 atom stereocenters. The smallest absolute Gasteiger partial charge is 0.307 e. The van der Waals surface area contributed by atoms with E-state index in [0.29, 0.717) is 11.3 Å². The zero-order valence-corrected chi connectivity index (χ0v) is 14.5. The lowest BCUT2D eigenvalue weighted by Gasteiger charge is -2.14. The Balaban J connectivity index is 1.92. The Hall–Kier alpha value is -2.15. The second kappa shape index (κ2) is 7.61. The van der Waals surface area contributed by atoms with E-state index in [1.807, 2.05) is 12.2 Å². The second-order valence-corrected chi connectivity index (χ2v) is 7.67. The maximum atomic E-state index is 12.3. The largest absolute Gasteiger partial charge is 0.454 e. The monoisotopic (exact) mass is 351 g/mol. The van der Waals surface area contributed by atoms with E-state index < -0.39 is 16.1 Å². The molecule has 0 spiro atoms. The molecule has 0 amide bonds. The first-order chi connectivity index (χ1) is 11.2. The van der Waals surface area contributed by atoms with Crippen molar-refractivity contribution in [1.29, 1.82) is 0 Å². The third kappa shape index (κ3) is 5.49. The van der Waals surface area contributed by atoms with Crippen molar-refractivity contribution in [2.75, 3.05) is 11.0 Å². The van der Waals surface area contributed by atoms with E-state index in [4.69, 9.17) is 4.74 Å². The number of carbonyl (C=O) groups excluding carboxylic acids is 2. The highest BCUT2D eigenvalue weighted by Gasteiger charge is 2.22. The molecule has 0 saturated carbocycles. The Labute approximate surface area is 141 Å². The van der Waals surface area contributed by atoms with Crippen LogP contribution in [0.25, 0.3) is 0 Å². The number of ketones is 1. The first kappa shape index (κ1) is 18.2. The van der Waals surface area contributed by atoms with Gasteiger partial charge in [-0.1, -0.05) is 12.2 Å². The summed E-state index contributed by atoms with van der Waals surface area (Å²) in [5, 5.41) is 0. The molecule has 0 aromatic heterocycles. The molecule has 0 unspecified atom stereocenters. The van der Waals surface area contributed by atoms with Gasteiger partial charge in [-0.25, -0.2) is 8.42 Å². The minimum Gasteiger partial charge on any atom is -0.454 e. The van der Waals surface area contributed by atoms with Crippen LogP contribution in [0.15, 0.2) is 36.4 Å². The highest BCUT2D eigenvalue weighted by Crippen LogP contribution is 2.21. The van der Waals surface area contributed by atoms with Crippen molar-refractivity contribution in [2.45, 2.75) is 32.3 Å². The number of nitrogens with one attached hydrogen (secondary N) is 1. The van der Waals surface area contributed by atoms with E-state index in [9.17, 15) is 18.0 Å². The number of rotatable bonds is 7. The molecule has 1 aliphatic rings. The molecule has 1 aromatic carbocycles. The molecular formula is C17H21NO5S. The summed E-state index contributed by atoms with van der Waals surface area (Å²) in [7, 11) is -3.36. The fourth-order valence-electron chi connectivity index (χ4n) is 2.53. The number of ether oxygens (including phenoxy) is 1. The molecular weight excluding hydrogens is 330 g/mol. The predicted octanol–water partition coefficient (Wildman–Crippen LogP) is 2.53. The number of hydrogen-bond acceptors (Lipinski definition) is 5. The van der Waals surface area contributed by atoms with E-state index in [1.165, 1.54) is 31.2 Å². The van der Waals surface area contributed by atoms with Crippen molar-refractivity contribution in [3.8, 4) is 0 Å². The topological polar surface area (TPSA) is 89.5 Å². The maximum absolute atomic E-state index is 12.3. The van der Waals surface area contributed by atoms with Crippen molar-refractivity contribution < 1.29 is 22.7 Å². The number of Topliss-reactive ketones (excluding diaryl/α,β-unsaturated/α-hetero) is 1. The highest BCUT2D eigenvalue weighted by atomic mass is 32.2. The summed E-state index contributed by atoms with van der Waals surface area (Å²) >= 11 is 0. The third-order valence-electron chi connectivity index (χ3n) is 3.69. The van der Waals surface area contributed by atoms with E-state index in [1.54, 1.807) is 0 Å². The number of benzene rings is 1. The Kier molecular flexibility index (Phi) is 5.77. The summed E-state index contributed by atoms with van der Waals surface area (Å²) in [6.45, 7) is 1.54. The van der Waals surface area contributed by atoms with Crippen molar-refractivity contribution in [2.24, 2.45) is 5.92 Å². The van der Waals surface area contributed by atoms with Crippen LogP contribution in [0, 0.1) is 5.92 Å². The van der Waals surface area contributed by atoms with Gasteiger partial charge in [-0.3, -0.25) is 14.3 Å². The van der Waals surface area contributed by atoms with Gasteiger partial charge in [0.1, 0.15) is 0 Å². The Morgan fingerprint density at radius 1 is 1.29 bits per heavy atom. The molecule has 1 aliphatic carbocycles. The van der Waals surface area contributed by atoms with E-state index >= 15 is 0 Å². The summed E-state index contributed by atoms with van der Waals surface area (Å²) in [4.78, 5) is 24.2. The molecule has 0 heterocycles. The van der Waals surface area contributed by atoms with Crippen LogP contribution < -0.4 is 4.72 Å². The maximum Gasteiger partial charge on any atom is 0.307 e. The third-order valence-corrected chi connectivity index (χ3v) is 4.30. The minimum atomic E-state index is -3.36. The number of hydrogen-bond donors (Lipinski definition) is 1. The van der Waals surface area contributed by atoms with Crippen LogP contribution in [0.2, 0.25) is 0 Å². The van der Waals surface area contributed by atoms with Gasteiger partial charge >= 0.3 is 5.97 Å². The van der Waals surface area contributed by atoms with Gasteiger partial charge in [0.15, 0.2) is 6.10 Å². The number of anilines is 1. The van der Waals surface area contributed by atoms with Crippen LogP contribution in [0.4, 0.5) is 5.69 Å². The quantitative estimate of drug-likeness (QED) is 0.463. The molecule has 24 heavy (non-hydrogen) atoms. The molecule has 1 aromatic rings. The summed E-state index contributed by atoms with van der Waals surface area (Å²) in [6.07, 6.45) is 6.40. The van der Waals surface area contributed by atoms with Crippen LogP contribution in [0.3, 0.4) is 0 Å². The molecule has 0 saturated heterocycles. The predicted molar refractivity (Wildman–Crippen MR) is 91.3 cm³/mol. The van der Waals surface area contributed by atoms with Gasteiger partial charge in [0.25, 0.3) is 0 Å². The molecule has 0 aliphatic heterocycles. The van der Waals surface area contributed by atoms with Gasteiger partial charge in [0.05, 0.1) is 12.7 Å². The van der Waals surface area contributed by atoms with Crippen molar-refractivity contribution in [3.63, 3.8) is 0 Å². The average Bonchev–Trinajstić information content (AvgIpc) is 2.98. The fourth-order valence-corrected chi connectivity index (χ4v) is 3.09. The molecule has 0 fully saturated rings. The molecule has 0 radical (unpaired) electrons. The summed E-state index contributed by atoms with van der Waals surface area (Å²) in [6, 6.07) is 5.98. The van der Waals surface area contributed by atoms with Gasteiger partial charge < -0.3 is 4.74 Å². The number of esters is 1. The number of carbonyl (C=O) groups is 2. The van der Waals surface area contributed by atoms with Crippen LogP contribution in [0.5, 0.6) is 0 Å². The lowest BCUT2D eigenvalue weighted by molar-refractivity contribution is -0.147. The van der Waals surface area contributed by atoms with Crippen LogP contribution in [-0.4, -0.2) is 32.5 Å². The lowest BCUT2D eigenvalue weighted by atomic mass is 10.0.